The van der Waals surface area contributed by atoms with Gasteiger partial charge in [0.25, 0.3) is 0 Å². The van der Waals surface area contributed by atoms with Crippen LogP contribution in [0, 0.1) is 6.92 Å². The Morgan fingerprint density at radius 1 is 1.47 bits per heavy atom. The molecule has 0 unspecified atom stereocenters. The molecule has 19 heavy (non-hydrogen) atoms. The van der Waals surface area contributed by atoms with Crippen LogP contribution in [0.2, 0.25) is 0 Å². The van der Waals surface area contributed by atoms with Crippen molar-refractivity contribution in [1.29, 1.82) is 0 Å². The molecule has 0 spiro atoms. The number of carbonyl (C=O) groups is 1. The van der Waals surface area contributed by atoms with E-state index >= 15 is 0 Å². The lowest BCUT2D eigenvalue weighted by atomic mass is 10.1. The number of nitrogens with one attached hydrogen (secondary N) is 1. The molecule has 0 radical (unpaired) electrons. The molecule has 0 aliphatic carbocycles. The van der Waals surface area contributed by atoms with Gasteiger partial charge in [-0.2, -0.15) is 4.98 Å². The number of aryl methyl sites for hydroxylation is 1. The third-order valence-electron chi connectivity index (χ3n) is 2.55. The highest BCUT2D eigenvalue weighted by molar-refractivity contribution is 5.78. The van der Waals surface area contributed by atoms with Crippen molar-refractivity contribution >= 4 is 11.6 Å². The van der Waals surface area contributed by atoms with Crippen LogP contribution in [0.3, 0.4) is 0 Å². The van der Waals surface area contributed by atoms with Crippen molar-refractivity contribution in [3.63, 3.8) is 0 Å². The van der Waals surface area contributed by atoms with Crippen molar-refractivity contribution in [2.45, 2.75) is 19.8 Å². The van der Waals surface area contributed by atoms with E-state index in [1.807, 2.05) is 12.1 Å². The normalized spacial score (nSPS) is 10.4. The standard InChI is InChI=1S/C13H16N4O2/c1-9-16-13(19-17-9)5-6-15-12(18)8-10-3-2-4-11(14)7-10/h2-4,7H,5-6,8,14H2,1H3,(H,15,18). The molecule has 2 aromatic rings. The van der Waals surface area contributed by atoms with Gasteiger partial charge in [-0.25, -0.2) is 0 Å². The lowest BCUT2D eigenvalue weighted by molar-refractivity contribution is -0.120. The Bertz CT molecular complexity index is 565. The van der Waals surface area contributed by atoms with Gasteiger partial charge < -0.3 is 15.6 Å². The van der Waals surface area contributed by atoms with Gasteiger partial charge in [0.1, 0.15) is 0 Å². The van der Waals surface area contributed by atoms with Gasteiger partial charge in [-0.1, -0.05) is 17.3 Å². The summed E-state index contributed by atoms with van der Waals surface area (Å²) in [4.78, 5) is 15.8. The van der Waals surface area contributed by atoms with E-state index in [1.165, 1.54) is 0 Å². The molecule has 0 bridgehead atoms. The van der Waals surface area contributed by atoms with Crippen molar-refractivity contribution in [2.24, 2.45) is 0 Å². The van der Waals surface area contributed by atoms with Crippen LogP contribution in [-0.4, -0.2) is 22.6 Å². The number of benzene rings is 1. The summed E-state index contributed by atoms with van der Waals surface area (Å²) in [6, 6.07) is 7.29. The minimum atomic E-state index is -0.0539. The average molecular weight is 260 g/mol. The summed E-state index contributed by atoms with van der Waals surface area (Å²) in [6.07, 6.45) is 0.845. The number of anilines is 1. The Kier molecular flexibility index (Phi) is 4.12. The van der Waals surface area contributed by atoms with Gasteiger partial charge in [0.2, 0.25) is 11.8 Å². The molecule has 0 aliphatic rings. The van der Waals surface area contributed by atoms with Gasteiger partial charge in [0, 0.05) is 18.7 Å². The minimum Gasteiger partial charge on any atom is -0.399 e. The average Bonchev–Trinajstić information content (AvgIpc) is 2.75. The molecule has 1 heterocycles. The van der Waals surface area contributed by atoms with Crippen molar-refractivity contribution in [1.82, 2.24) is 15.5 Å². The summed E-state index contributed by atoms with van der Waals surface area (Å²) in [5.74, 6) is 1.07. The van der Waals surface area contributed by atoms with Gasteiger partial charge in [-0.15, -0.1) is 0 Å². The number of nitrogens with zero attached hydrogens (tertiary/aromatic N) is 2. The lowest BCUT2D eigenvalue weighted by Gasteiger charge is -2.04. The van der Waals surface area contributed by atoms with E-state index in [0.717, 1.165) is 5.56 Å². The molecular weight excluding hydrogens is 244 g/mol. The Hall–Kier alpha value is -2.37. The monoisotopic (exact) mass is 260 g/mol. The van der Waals surface area contributed by atoms with Crippen LogP contribution in [0.5, 0.6) is 0 Å². The number of rotatable bonds is 5. The second-order valence-corrected chi connectivity index (χ2v) is 4.26. The van der Waals surface area contributed by atoms with Crippen molar-refractivity contribution in [2.75, 3.05) is 12.3 Å². The molecular formula is C13H16N4O2. The first kappa shape index (κ1) is 13.1. The largest absolute Gasteiger partial charge is 0.399 e. The summed E-state index contributed by atoms with van der Waals surface area (Å²) in [6.45, 7) is 2.23. The van der Waals surface area contributed by atoms with E-state index in [9.17, 15) is 4.79 Å². The fourth-order valence-corrected chi connectivity index (χ4v) is 1.70. The highest BCUT2D eigenvalue weighted by atomic mass is 16.5. The molecule has 0 atom stereocenters. The van der Waals surface area contributed by atoms with Crippen LogP contribution in [0.1, 0.15) is 17.3 Å². The molecule has 6 nitrogen and oxygen atoms in total. The smallest absolute Gasteiger partial charge is 0.228 e. The van der Waals surface area contributed by atoms with Crippen LogP contribution in [0.4, 0.5) is 5.69 Å². The molecule has 2 rings (SSSR count). The third-order valence-corrected chi connectivity index (χ3v) is 2.55. The predicted octanol–water partition coefficient (Wildman–Crippen LogP) is 0.862. The topological polar surface area (TPSA) is 94.0 Å². The van der Waals surface area contributed by atoms with E-state index in [2.05, 4.69) is 15.5 Å². The highest BCUT2D eigenvalue weighted by Crippen LogP contribution is 2.06. The summed E-state index contributed by atoms with van der Waals surface area (Å²) in [5, 5.41) is 6.48. The van der Waals surface area contributed by atoms with Crippen molar-refractivity contribution in [3.05, 3.63) is 41.5 Å². The Morgan fingerprint density at radius 2 is 2.32 bits per heavy atom. The molecule has 1 amide bonds. The SMILES string of the molecule is Cc1noc(CCNC(=O)Cc2cccc(N)c2)n1. The first-order valence-electron chi connectivity index (χ1n) is 6.04. The first-order chi connectivity index (χ1) is 9.13. The number of amides is 1. The van der Waals surface area contributed by atoms with Crippen LogP contribution in [0.25, 0.3) is 0 Å². The molecule has 0 saturated carbocycles. The van der Waals surface area contributed by atoms with Crippen LogP contribution in [-0.2, 0) is 17.6 Å². The second-order valence-electron chi connectivity index (χ2n) is 4.26. The second kappa shape index (κ2) is 5.99. The quantitative estimate of drug-likeness (QED) is 0.778. The Morgan fingerprint density at radius 3 is 3.00 bits per heavy atom. The van der Waals surface area contributed by atoms with E-state index in [1.54, 1.807) is 19.1 Å². The molecule has 0 aliphatic heterocycles. The number of hydrogen-bond donors (Lipinski definition) is 2. The van der Waals surface area contributed by atoms with Crippen LogP contribution < -0.4 is 11.1 Å². The van der Waals surface area contributed by atoms with E-state index in [0.29, 0.717) is 36.8 Å². The minimum absolute atomic E-state index is 0.0539. The van der Waals surface area contributed by atoms with Gasteiger partial charge >= 0.3 is 0 Å². The van der Waals surface area contributed by atoms with Gasteiger partial charge in [-0.3, -0.25) is 4.79 Å². The molecule has 6 heteroatoms. The molecule has 0 saturated heterocycles. The van der Waals surface area contributed by atoms with Crippen molar-refractivity contribution < 1.29 is 9.32 Å². The molecule has 1 aromatic heterocycles. The summed E-state index contributed by atoms with van der Waals surface area (Å²) in [5.41, 5.74) is 7.21. The van der Waals surface area contributed by atoms with Gasteiger partial charge in [-0.05, 0) is 24.6 Å². The van der Waals surface area contributed by atoms with Crippen molar-refractivity contribution in [3.8, 4) is 0 Å². The fourth-order valence-electron chi connectivity index (χ4n) is 1.70. The van der Waals surface area contributed by atoms with Crippen LogP contribution >= 0.6 is 0 Å². The molecule has 100 valence electrons. The first-order valence-corrected chi connectivity index (χ1v) is 6.04. The zero-order valence-electron chi connectivity index (χ0n) is 10.7. The Labute approximate surface area is 111 Å². The molecule has 3 N–H and O–H groups in total. The maximum absolute atomic E-state index is 11.7. The number of aromatic nitrogens is 2. The molecule has 0 fully saturated rings. The van der Waals surface area contributed by atoms with E-state index in [4.69, 9.17) is 10.3 Å². The summed E-state index contributed by atoms with van der Waals surface area (Å²) in [7, 11) is 0. The van der Waals surface area contributed by atoms with Crippen LogP contribution in [0.15, 0.2) is 28.8 Å². The summed E-state index contributed by atoms with van der Waals surface area (Å²) >= 11 is 0. The lowest BCUT2D eigenvalue weighted by Crippen LogP contribution is -2.27. The molecule has 1 aromatic carbocycles. The predicted molar refractivity (Wildman–Crippen MR) is 70.3 cm³/mol. The van der Waals surface area contributed by atoms with Gasteiger partial charge in [0.15, 0.2) is 5.82 Å². The number of nitrogen functional groups attached to an aromatic ring is 1. The highest BCUT2D eigenvalue weighted by Gasteiger charge is 2.05. The maximum atomic E-state index is 11.7. The third kappa shape index (κ3) is 4.09. The van der Waals surface area contributed by atoms with Gasteiger partial charge in [0.05, 0.1) is 6.42 Å². The van der Waals surface area contributed by atoms with E-state index < -0.39 is 0 Å². The Balaban J connectivity index is 1.76. The zero-order chi connectivity index (χ0) is 13.7. The maximum Gasteiger partial charge on any atom is 0.228 e. The summed E-state index contributed by atoms with van der Waals surface area (Å²) < 4.78 is 4.95. The number of nitrogens with two attached hydrogens (primary N) is 1. The fraction of sp³-hybridized carbons (Fsp3) is 0.308. The van der Waals surface area contributed by atoms with E-state index in [-0.39, 0.29) is 5.91 Å². The number of carbonyl (C=O) groups excluding carboxylic acids is 1. The number of hydrogen-bond acceptors (Lipinski definition) is 5. The zero-order valence-corrected chi connectivity index (χ0v) is 10.7.